The lowest BCUT2D eigenvalue weighted by Crippen LogP contribution is -2.38. The highest BCUT2D eigenvalue weighted by Crippen LogP contribution is 2.28. The van der Waals surface area contributed by atoms with Gasteiger partial charge in [-0.3, -0.25) is 19.9 Å². The standard InChI is InChI=1S/C13H10N4O3/c18-13-9-7-8(17(19)20)4-5-10(9)15-12(16-13)11-3-1-2-6-14-11/h1-7,12,15H,(H,16,18)/t12-/m1/s1. The van der Waals surface area contributed by atoms with Crippen LogP contribution in [-0.4, -0.2) is 15.8 Å². The highest BCUT2D eigenvalue weighted by molar-refractivity contribution is 6.02. The molecule has 1 aliphatic rings. The lowest BCUT2D eigenvalue weighted by molar-refractivity contribution is -0.384. The van der Waals surface area contributed by atoms with Gasteiger partial charge in [0, 0.05) is 24.0 Å². The summed E-state index contributed by atoms with van der Waals surface area (Å²) < 4.78 is 0. The number of carbonyl (C=O) groups excluding carboxylic acids is 1. The zero-order chi connectivity index (χ0) is 14.1. The van der Waals surface area contributed by atoms with Gasteiger partial charge in [0.15, 0.2) is 0 Å². The molecular weight excluding hydrogens is 260 g/mol. The number of nitrogens with zero attached hydrogens (tertiary/aromatic N) is 2. The number of anilines is 1. The minimum absolute atomic E-state index is 0.114. The van der Waals surface area contributed by atoms with Gasteiger partial charge in [0.05, 0.1) is 16.2 Å². The van der Waals surface area contributed by atoms with Gasteiger partial charge in [-0.15, -0.1) is 0 Å². The Morgan fingerprint density at radius 2 is 2.05 bits per heavy atom. The first kappa shape index (κ1) is 12.1. The molecule has 1 aliphatic heterocycles. The van der Waals surface area contributed by atoms with Crippen LogP contribution in [0.1, 0.15) is 22.2 Å². The van der Waals surface area contributed by atoms with E-state index in [0.29, 0.717) is 11.4 Å². The first-order valence-electron chi connectivity index (χ1n) is 5.92. The topological polar surface area (TPSA) is 97.2 Å². The maximum absolute atomic E-state index is 12.0. The molecule has 1 aromatic heterocycles. The van der Waals surface area contributed by atoms with Crippen molar-refractivity contribution >= 4 is 17.3 Å². The van der Waals surface area contributed by atoms with E-state index < -0.39 is 11.1 Å². The van der Waals surface area contributed by atoms with Crippen molar-refractivity contribution in [3.63, 3.8) is 0 Å². The van der Waals surface area contributed by atoms with Crippen LogP contribution in [0.5, 0.6) is 0 Å². The van der Waals surface area contributed by atoms with Crippen molar-refractivity contribution in [1.29, 1.82) is 0 Å². The maximum atomic E-state index is 12.0. The van der Waals surface area contributed by atoms with Gasteiger partial charge in [-0.25, -0.2) is 0 Å². The average Bonchev–Trinajstić information content (AvgIpc) is 2.47. The Bertz CT molecular complexity index is 687. The Balaban J connectivity index is 1.96. The minimum Gasteiger partial charge on any atom is -0.360 e. The van der Waals surface area contributed by atoms with Crippen LogP contribution in [0.15, 0.2) is 42.6 Å². The summed E-state index contributed by atoms with van der Waals surface area (Å²) >= 11 is 0. The van der Waals surface area contributed by atoms with Gasteiger partial charge >= 0.3 is 0 Å². The number of benzene rings is 1. The molecule has 2 heterocycles. The lowest BCUT2D eigenvalue weighted by atomic mass is 10.1. The zero-order valence-electron chi connectivity index (χ0n) is 10.2. The van der Waals surface area contributed by atoms with Crippen LogP contribution < -0.4 is 10.6 Å². The number of non-ortho nitro benzene ring substituents is 1. The molecule has 0 spiro atoms. The summed E-state index contributed by atoms with van der Waals surface area (Å²) in [5.41, 5.74) is 1.36. The van der Waals surface area contributed by atoms with Crippen molar-refractivity contribution in [1.82, 2.24) is 10.3 Å². The third-order valence-corrected chi connectivity index (χ3v) is 3.02. The highest BCUT2D eigenvalue weighted by atomic mass is 16.6. The normalized spacial score (nSPS) is 16.8. The molecule has 1 aromatic carbocycles. The molecule has 2 aromatic rings. The molecule has 7 heteroatoms. The molecule has 0 bridgehead atoms. The Labute approximate surface area is 113 Å². The summed E-state index contributed by atoms with van der Waals surface area (Å²) in [4.78, 5) is 26.4. The summed E-state index contributed by atoms with van der Waals surface area (Å²) in [5.74, 6) is -0.363. The number of aromatic nitrogens is 1. The van der Waals surface area contributed by atoms with Crippen LogP contribution in [0.4, 0.5) is 11.4 Å². The van der Waals surface area contributed by atoms with Gasteiger partial charge < -0.3 is 10.6 Å². The van der Waals surface area contributed by atoms with Gasteiger partial charge in [-0.2, -0.15) is 0 Å². The number of carbonyl (C=O) groups is 1. The molecule has 1 atom stereocenters. The number of nitro groups is 1. The predicted molar refractivity (Wildman–Crippen MR) is 71.2 cm³/mol. The number of pyridine rings is 1. The molecule has 100 valence electrons. The fourth-order valence-corrected chi connectivity index (χ4v) is 2.05. The SMILES string of the molecule is O=C1N[C@H](c2ccccn2)Nc2ccc([N+](=O)[O-])cc21. The van der Waals surface area contributed by atoms with Gasteiger partial charge in [-0.1, -0.05) is 6.07 Å². The molecule has 0 aliphatic carbocycles. The van der Waals surface area contributed by atoms with Crippen LogP contribution in [0.3, 0.4) is 0 Å². The number of nitrogens with one attached hydrogen (secondary N) is 2. The first-order valence-corrected chi connectivity index (χ1v) is 5.92. The Hall–Kier alpha value is -2.96. The maximum Gasteiger partial charge on any atom is 0.270 e. The molecule has 1 amide bonds. The van der Waals surface area contributed by atoms with E-state index in [1.807, 2.05) is 6.07 Å². The highest BCUT2D eigenvalue weighted by Gasteiger charge is 2.26. The fourth-order valence-electron chi connectivity index (χ4n) is 2.05. The quantitative estimate of drug-likeness (QED) is 0.641. The Kier molecular flexibility index (Phi) is 2.79. The van der Waals surface area contributed by atoms with Crippen molar-refractivity contribution in [3.8, 4) is 0 Å². The van der Waals surface area contributed by atoms with Crippen molar-refractivity contribution in [2.45, 2.75) is 6.17 Å². The van der Waals surface area contributed by atoms with E-state index in [4.69, 9.17) is 0 Å². The second-order valence-corrected chi connectivity index (χ2v) is 4.29. The molecule has 0 saturated carbocycles. The van der Waals surface area contributed by atoms with Crippen molar-refractivity contribution < 1.29 is 9.72 Å². The van der Waals surface area contributed by atoms with Gasteiger partial charge in [0.25, 0.3) is 11.6 Å². The van der Waals surface area contributed by atoms with Crippen LogP contribution in [0.25, 0.3) is 0 Å². The van der Waals surface area contributed by atoms with Crippen LogP contribution in [0, 0.1) is 10.1 Å². The van der Waals surface area contributed by atoms with Crippen LogP contribution in [0.2, 0.25) is 0 Å². The molecule has 7 nitrogen and oxygen atoms in total. The van der Waals surface area contributed by atoms with Crippen molar-refractivity contribution in [2.24, 2.45) is 0 Å². The van der Waals surface area contributed by atoms with E-state index >= 15 is 0 Å². The number of rotatable bonds is 2. The summed E-state index contributed by atoms with van der Waals surface area (Å²) in [6.45, 7) is 0. The second kappa shape index (κ2) is 4.61. The molecule has 0 radical (unpaired) electrons. The predicted octanol–water partition coefficient (Wildman–Crippen LogP) is 1.84. The summed E-state index contributed by atoms with van der Waals surface area (Å²) in [6.07, 6.45) is 1.19. The summed E-state index contributed by atoms with van der Waals surface area (Å²) in [6, 6.07) is 9.54. The summed E-state index contributed by atoms with van der Waals surface area (Å²) in [7, 11) is 0. The third kappa shape index (κ3) is 2.05. The average molecular weight is 270 g/mol. The van der Waals surface area contributed by atoms with E-state index in [2.05, 4.69) is 15.6 Å². The molecule has 2 N–H and O–H groups in total. The Morgan fingerprint density at radius 3 is 2.75 bits per heavy atom. The molecule has 0 fully saturated rings. The molecule has 20 heavy (non-hydrogen) atoms. The largest absolute Gasteiger partial charge is 0.360 e. The van der Waals surface area contributed by atoms with Crippen LogP contribution in [-0.2, 0) is 0 Å². The van der Waals surface area contributed by atoms with Crippen LogP contribution >= 0.6 is 0 Å². The van der Waals surface area contributed by atoms with Gasteiger partial charge in [-0.05, 0) is 18.2 Å². The molecule has 0 saturated heterocycles. The monoisotopic (exact) mass is 270 g/mol. The van der Waals surface area contributed by atoms with Gasteiger partial charge in [0.2, 0.25) is 0 Å². The van der Waals surface area contributed by atoms with Gasteiger partial charge in [0.1, 0.15) is 6.17 Å². The van der Waals surface area contributed by atoms with Crippen molar-refractivity contribution in [3.05, 3.63) is 64.0 Å². The number of amides is 1. The first-order chi connectivity index (χ1) is 9.65. The number of hydrogen-bond acceptors (Lipinski definition) is 5. The van der Waals surface area contributed by atoms with Crippen molar-refractivity contribution in [2.75, 3.05) is 5.32 Å². The van der Waals surface area contributed by atoms with E-state index in [1.165, 1.54) is 18.2 Å². The van der Waals surface area contributed by atoms with E-state index in [0.717, 1.165) is 0 Å². The second-order valence-electron chi connectivity index (χ2n) is 4.29. The lowest BCUT2D eigenvalue weighted by Gasteiger charge is -2.27. The molecular formula is C13H10N4O3. The summed E-state index contributed by atoms with van der Waals surface area (Å²) in [5, 5.41) is 16.5. The molecule has 0 unspecified atom stereocenters. The molecule has 3 rings (SSSR count). The van der Waals surface area contributed by atoms with E-state index in [9.17, 15) is 14.9 Å². The number of fused-ring (bicyclic) bond motifs is 1. The third-order valence-electron chi connectivity index (χ3n) is 3.02. The number of nitro benzene ring substituents is 1. The van der Waals surface area contributed by atoms with E-state index in [1.54, 1.807) is 18.3 Å². The minimum atomic E-state index is -0.529. The Morgan fingerprint density at radius 1 is 1.20 bits per heavy atom. The smallest absolute Gasteiger partial charge is 0.270 e. The number of hydrogen-bond donors (Lipinski definition) is 2. The van der Waals surface area contributed by atoms with E-state index in [-0.39, 0.29) is 17.2 Å². The zero-order valence-corrected chi connectivity index (χ0v) is 10.2. The fraction of sp³-hybridized carbons (Fsp3) is 0.0769.